The largest absolute Gasteiger partial charge is 0.367 e. The van der Waals surface area contributed by atoms with Crippen molar-refractivity contribution < 1.29 is 4.79 Å². The van der Waals surface area contributed by atoms with Crippen LogP contribution >= 0.6 is 0 Å². The van der Waals surface area contributed by atoms with E-state index in [-0.39, 0.29) is 5.91 Å². The molecule has 0 spiro atoms. The number of rotatable bonds is 8. The van der Waals surface area contributed by atoms with Crippen molar-refractivity contribution in [2.75, 3.05) is 37.8 Å². The van der Waals surface area contributed by atoms with E-state index in [4.69, 9.17) is 0 Å². The molecule has 0 unspecified atom stereocenters. The van der Waals surface area contributed by atoms with Crippen LogP contribution in [0.2, 0.25) is 0 Å². The Bertz CT molecular complexity index is 377. The van der Waals surface area contributed by atoms with Gasteiger partial charge in [-0.3, -0.25) is 4.79 Å². The molecular formula is C13H23N5O. The lowest BCUT2D eigenvalue weighted by Crippen LogP contribution is -2.21. The van der Waals surface area contributed by atoms with Crippen LogP contribution in [-0.4, -0.2) is 48.2 Å². The maximum atomic E-state index is 11.5. The molecule has 0 aliphatic rings. The molecule has 19 heavy (non-hydrogen) atoms. The topological polar surface area (TPSA) is 70.2 Å². The van der Waals surface area contributed by atoms with Gasteiger partial charge in [-0.25, -0.2) is 0 Å². The van der Waals surface area contributed by atoms with Gasteiger partial charge in [0, 0.05) is 19.5 Å². The predicted octanol–water partition coefficient (Wildman–Crippen LogP) is 1.58. The number of carbonyl (C=O) groups is 1. The summed E-state index contributed by atoms with van der Waals surface area (Å²) in [6.07, 6.45) is 2.43. The molecule has 2 N–H and O–H groups in total. The molecule has 6 nitrogen and oxygen atoms in total. The number of aromatic nitrogens is 2. The molecule has 0 saturated carbocycles. The van der Waals surface area contributed by atoms with Crippen LogP contribution in [0.15, 0.2) is 12.1 Å². The second-order valence-electron chi connectivity index (χ2n) is 4.69. The van der Waals surface area contributed by atoms with Crippen molar-refractivity contribution in [1.82, 2.24) is 15.1 Å². The van der Waals surface area contributed by atoms with Gasteiger partial charge in [-0.15, -0.1) is 10.2 Å². The number of carbonyl (C=O) groups excluding carboxylic acids is 1. The minimum absolute atomic E-state index is 0.00975. The fourth-order valence-electron chi connectivity index (χ4n) is 1.44. The summed E-state index contributed by atoms with van der Waals surface area (Å²) in [5.74, 6) is 1.21. The molecule has 0 bridgehead atoms. The van der Waals surface area contributed by atoms with Gasteiger partial charge in [0.25, 0.3) is 0 Å². The zero-order valence-electron chi connectivity index (χ0n) is 11.9. The average molecular weight is 265 g/mol. The van der Waals surface area contributed by atoms with Gasteiger partial charge in [0.1, 0.15) is 5.82 Å². The van der Waals surface area contributed by atoms with E-state index in [0.29, 0.717) is 18.1 Å². The smallest absolute Gasteiger partial charge is 0.225 e. The lowest BCUT2D eigenvalue weighted by Gasteiger charge is -2.10. The Morgan fingerprint density at radius 2 is 1.95 bits per heavy atom. The van der Waals surface area contributed by atoms with Crippen LogP contribution in [0.1, 0.15) is 26.2 Å². The number of likely N-dealkylation sites (N-methyl/N-ethyl adjacent to an activating group) is 1. The van der Waals surface area contributed by atoms with Crippen molar-refractivity contribution in [2.45, 2.75) is 26.2 Å². The number of amides is 1. The Balaban J connectivity index is 2.36. The minimum atomic E-state index is -0.00975. The van der Waals surface area contributed by atoms with Crippen LogP contribution in [0.4, 0.5) is 11.6 Å². The Morgan fingerprint density at radius 3 is 2.53 bits per heavy atom. The number of hydrogen-bond donors (Lipinski definition) is 2. The lowest BCUT2D eigenvalue weighted by atomic mass is 10.2. The summed E-state index contributed by atoms with van der Waals surface area (Å²) in [4.78, 5) is 13.6. The third-order valence-corrected chi connectivity index (χ3v) is 2.55. The van der Waals surface area contributed by atoms with E-state index in [1.165, 1.54) is 0 Å². The lowest BCUT2D eigenvalue weighted by molar-refractivity contribution is -0.116. The maximum absolute atomic E-state index is 11.5. The highest BCUT2D eigenvalue weighted by Crippen LogP contribution is 2.06. The van der Waals surface area contributed by atoms with E-state index in [1.54, 1.807) is 6.07 Å². The van der Waals surface area contributed by atoms with Gasteiger partial charge in [-0.1, -0.05) is 13.3 Å². The third-order valence-electron chi connectivity index (χ3n) is 2.55. The second kappa shape index (κ2) is 8.42. The molecule has 0 aromatic carbocycles. The highest BCUT2D eigenvalue weighted by Gasteiger charge is 2.03. The third kappa shape index (κ3) is 6.71. The van der Waals surface area contributed by atoms with Crippen molar-refractivity contribution in [3.63, 3.8) is 0 Å². The van der Waals surface area contributed by atoms with Crippen LogP contribution in [0, 0.1) is 0 Å². The fourth-order valence-corrected chi connectivity index (χ4v) is 1.44. The van der Waals surface area contributed by atoms with E-state index in [2.05, 4.69) is 32.7 Å². The molecule has 0 aliphatic carbocycles. The second-order valence-corrected chi connectivity index (χ2v) is 4.69. The first-order valence-electron chi connectivity index (χ1n) is 6.64. The van der Waals surface area contributed by atoms with Crippen molar-refractivity contribution in [3.05, 3.63) is 12.1 Å². The van der Waals surface area contributed by atoms with E-state index in [9.17, 15) is 4.79 Å². The first-order chi connectivity index (χ1) is 9.11. The summed E-state index contributed by atoms with van der Waals surface area (Å²) in [7, 11) is 4.03. The van der Waals surface area contributed by atoms with E-state index in [1.807, 2.05) is 20.2 Å². The van der Waals surface area contributed by atoms with E-state index in [0.717, 1.165) is 25.9 Å². The average Bonchev–Trinajstić information content (AvgIpc) is 2.38. The molecule has 1 aromatic rings. The van der Waals surface area contributed by atoms with Crippen molar-refractivity contribution in [3.8, 4) is 0 Å². The Morgan fingerprint density at radius 1 is 1.26 bits per heavy atom. The SMILES string of the molecule is CCCCC(=O)Nc1ccc(NCCN(C)C)nn1. The molecule has 1 aromatic heterocycles. The zero-order valence-corrected chi connectivity index (χ0v) is 11.9. The summed E-state index contributed by atoms with van der Waals surface area (Å²) < 4.78 is 0. The molecule has 0 saturated heterocycles. The van der Waals surface area contributed by atoms with Crippen molar-refractivity contribution in [2.24, 2.45) is 0 Å². The molecule has 0 atom stereocenters. The van der Waals surface area contributed by atoms with Gasteiger partial charge in [0.15, 0.2) is 5.82 Å². The number of nitrogens with one attached hydrogen (secondary N) is 2. The predicted molar refractivity (Wildman–Crippen MR) is 77.2 cm³/mol. The van der Waals surface area contributed by atoms with Gasteiger partial charge in [0.05, 0.1) is 0 Å². The normalized spacial score (nSPS) is 10.5. The molecule has 0 aliphatic heterocycles. The molecule has 106 valence electrons. The number of hydrogen-bond acceptors (Lipinski definition) is 5. The monoisotopic (exact) mass is 265 g/mol. The molecule has 1 heterocycles. The molecule has 0 fully saturated rings. The summed E-state index contributed by atoms with van der Waals surface area (Å²) in [5.41, 5.74) is 0. The highest BCUT2D eigenvalue weighted by atomic mass is 16.1. The quantitative estimate of drug-likeness (QED) is 0.747. The van der Waals surface area contributed by atoms with Crippen LogP contribution in [0.5, 0.6) is 0 Å². The zero-order chi connectivity index (χ0) is 14.1. The molecule has 0 radical (unpaired) electrons. The van der Waals surface area contributed by atoms with Gasteiger partial charge in [-0.2, -0.15) is 0 Å². The molecule has 1 rings (SSSR count). The van der Waals surface area contributed by atoms with Crippen molar-refractivity contribution >= 4 is 17.5 Å². The Labute approximate surface area is 114 Å². The summed E-state index contributed by atoms with van der Waals surface area (Å²) in [6.45, 7) is 3.79. The molecule has 1 amide bonds. The Hall–Kier alpha value is -1.69. The first-order valence-corrected chi connectivity index (χ1v) is 6.64. The molecular weight excluding hydrogens is 242 g/mol. The standard InChI is InChI=1S/C13H23N5O/c1-4-5-6-13(19)15-12-8-7-11(16-17-12)14-9-10-18(2)3/h7-8H,4-6,9-10H2,1-3H3,(H,14,16)(H,15,17,19). The minimum Gasteiger partial charge on any atom is -0.367 e. The fraction of sp³-hybridized carbons (Fsp3) is 0.615. The van der Waals surface area contributed by atoms with Crippen molar-refractivity contribution in [1.29, 1.82) is 0 Å². The number of unbranched alkanes of at least 4 members (excludes halogenated alkanes) is 1. The highest BCUT2D eigenvalue weighted by molar-refractivity contribution is 5.89. The molecule has 6 heteroatoms. The van der Waals surface area contributed by atoms with Crippen LogP contribution in [0.3, 0.4) is 0 Å². The van der Waals surface area contributed by atoms with Crippen LogP contribution in [-0.2, 0) is 4.79 Å². The van der Waals surface area contributed by atoms with Crippen LogP contribution < -0.4 is 10.6 Å². The van der Waals surface area contributed by atoms with Gasteiger partial charge in [-0.05, 0) is 32.6 Å². The first kappa shape index (κ1) is 15.4. The van der Waals surface area contributed by atoms with Crippen LogP contribution in [0.25, 0.3) is 0 Å². The number of nitrogens with zero attached hydrogens (tertiary/aromatic N) is 3. The number of anilines is 2. The summed E-state index contributed by atoms with van der Waals surface area (Å²) in [5, 5.41) is 13.9. The van der Waals surface area contributed by atoms with E-state index >= 15 is 0 Å². The summed E-state index contributed by atoms with van der Waals surface area (Å²) in [6, 6.07) is 3.58. The van der Waals surface area contributed by atoms with Gasteiger partial charge >= 0.3 is 0 Å². The van der Waals surface area contributed by atoms with Gasteiger partial charge in [0.2, 0.25) is 5.91 Å². The van der Waals surface area contributed by atoms with E-state index < -0.39 is 0 Å². The summed E-state index contributed by atoms with van der Waals surface area (Å²) >= 11 is 0. The van der Waals surface area contributed by atoms with Gasteiger partial charge < -0.3 is 15.5 Å². The maximum Gasteiger partial charge on any atom is 0.225 e. The Kier molecular flexibility index (Phi) is 6.81.